The Hall–Kier alpha value is -5.22. The molecule has 0 aromatic carbocycles. The second-order valence-corrected chi connectivity index (χ2v) is 19.5. The Labute approximate surface area is 435 Å². The van der Waals surface area contributed by atoms with Gasteiger partial charge in [-0.1, -0.05) is 50.6 Å². The SMILES string of the molecule is CC[C@H]1OC(=O)C[C@@H](OC(=O)c2ccccn2)[C@H](C)[C@@H](O[C@H]2O[C@@H](C)[C@H](OC(C)=O)[C@@H](N(C)C)[C@@H]2OC(C)=O)[C@@H](C/C=C/C(C)=O)C[C@@H](C)C(=O)/C=C/C(C)=C/[C@@H]1CO[C@@H]1O[C@H](C)[C@@H](OC(C)=O)[C@@H](OC)[C@H]1OC. The van der Waals surface area contributed by atoms with Crippen LogP contribution in [0.5, 0.6) is 0 Å². The van der Waals surface area contributed by atoms with E-state index in [1.54, 1.807) is 77.9 Å². The minimum atomic E-state index is -1.35. The molecule has 3 aliphatic heterocycles. The van der Waals surface area contributed by atoms with E-state index in [4.69, 9.17) is 52.1 Å². The zero-order chi connectivity index (χ0) is 55.0. The Morgan fingerprint density at radius 2 is 1.41 bits per heavy atom. The maximum absolute atomic E-state index is 14.6. The molecule has 4 heterocycles. The van der Waals surface area contributed by atoms with E-state index in [1.165, 1.54) is 66.3 Å². The van der Waals surface area contributed by atoms with Crippen LogP contribution in [0, 0.1) is 23.7 Å². The zero-order valence-electron chi connectivity index (χ0n) is 45.3. The first kappa shape index (κ1) is 61.3. The van der Waals surface area contributed by atoms with Crippen LogP contribution >= 0.6 is 0 Å². The smallest absolute Gasteiger partial charge is 0.357 e. The van der Waals surface area contributed by atoms with E-state index in [9.17, 15) is 33.6 Å². The minimum Gasteiger partial charge on any atom is -0.462 e. The highest BCUT2D eigenvalue weighted by Gasteiger charge is 2.52. The van der Waals surface area contributed by atoms with Crippen molar-refractivity contribution < 1.29 is 85.7 Å². The van der Waals surface area contributed by atoms with E-state index in [1.807, 2.05) is 13.0 Å². The highest BCUT2D eigenvalue weighted by atomic mass is 16.7. The molecule has 412 valence electrons. The summed E-state index contributed by atoms with van der Waals surface area (Å²) in [5.74, 6) is -6.74. The molecular formula is C54H78N2O18. The zero-order valence-corrected chi connectivity index (χ0v) is 45.3. The van der Waals surface area contributed by atoms with Gasteiger partial charge in [-0.15, -0.1) is 0 Å². The van der Waals surface area contributed by atoms with E-state index >= 15 is 0 Å². The number of rotatable bonds is 17. The molecule has 0 unspecified atom stereocenters. The fraction of sp³-hybridized carbons (Fsp3) is 0.667. The standard InChI is InChI=1S/C54H78N2O18/c1-15-42-39(28-66-53-51(65-14)50(64-13)48(34(7)67-53)70-36(9)59)25-29(2)22-23-41(61)30(3)26-38(20-18-19-31(4)57)46(32(5)43(27-44(62)72-42)73-52(63)40-21-16-17-24-55-40)74-54-49(71-37(10)60)45(56(11)12)47(33(6)68-54)69-35(8)58/h16-19,21-25,30,32-34,38-39,42-43,45-51,53-54H,15,20,26-28H2,1-14H3/b19-18+,23-22+,29-25+/t30-,32+,33+,34-,38+,39-,42-,43-,45-,46-,47+,48-,49+,50-,51-,53-,54-/m1/s1. The number of esters is 5. The summed E-state index contributed by atoms with van der Waals surface area (Å²) in [6.45, 7) is 15.6. The van der Waals surface area contributed by atoms with E-state index in [-0.39, 0.29) is 43.1 Å². The summed E-state index contributed by atoms with van der Waals surface area (Å²) in [7, 11) is 6.38. The summed E-state index contributed by atoms with van der Waals surface area (Å²) in [4.78, 5) is 98.4. The topological polar surface area (TPSA) is 237 Å². The molecular weight excluding hydrogens is 965 g/mol. The summed E-state index contributed by atoms with van der Waals surface area (Å²) < 4.78 is 67.5. The number of nitrogens with zero attached hydrogens (tertiary/aromatic N) is 2. The van der Waals surface area contributed by atoms with Gasteiger partial charge in [0.2, 0.25) is 0 Å². The van der Waals surface area contributed by atoms with E-state index in [2.05, 4.69) is 4.98 Å². The van der Waals surface area contributed by atoms with Crippen LogP contribution in [-0.2, 0) is 80.9 Å². The molecule has 0 N–H and O–H groups in total. The van der Waals surface area contributed by atoms with Crippen molar-refractivity contribution in [2.24, 2.45) is 23.7 Å². The predicted octanol–water partition coefficient (Wildman–Crippen LogP) is 5.48. The van der Waals surface area contributed by atoms with E-state index in [0.717, 1.165) is 0 Å². The molecule has 0 aliphatic carbocycles. The molecule has 20 nitrogen and oxygen atoms in total. The third-order valence-electron chi connectivity index (χ3n) is 13.4. The fourth-order valence-electron chi connectivity index (χ4n) is 9.83. The Kier molecular flexibility index (Phi) is 24.2. The van der Waals surface area contributed by atoms with Crippen molar-refractivity contribution >= 4 is 41.4 Å². The summed E-state index contributed by atoms with van der Waals surface area (Å²) in [6.07, 6.45) is -2.03. The van der Waals surface area contributed by atoms with Crippen LogP contribution in [-0.4, -0.2) is 166 Å². The molecule has 0 saturated carbocycles. The molecule has 2 fully saturated rings. The van der Waals surface area contributed by atoms with Crippen molar-refractivity contribution in [3.05, 3.63) is 66.0 Å². The Morgan fingerprint density at radius 1 is 0.784 bits per heavy atom. The highest BCUT2D eigenvalue weighted by molar-refractivity contribution is 5.92. The van der Waals surface area contributed by atoms with E-state index in [0.29, 0.717) is 5.57 Å². The molecule has 20 heteroatoms. The lowest BCUT2D eigenvalue weighted by Gasteiger charge is -2.48. The minimum absolute atomic E-state index is 0.0397. The normalized spacial score (nSPS) is 34.7. The lowest BCUT2D eigenvalue weighted by Crippen LogP contribution is -2.65. The molecule has 74 heavy (non-hydrogen) atoms. The number of ketones is 2. The van der Waals surface area contributed by atoms with Crippen LogP contribution in [0.3, 0.4) is 0 Å². The molecule has 0 bridgehead atoms. The number of aromatic nitrogens is 1. The predicted molar refractivity (Wildman–Crippen MR) is 266 cm³/mol. The Bertz CT molecular complexity index is 2150. The van der Waals surface area contributed by atoms with Gasteiger partial charge in [0.25, 0.3) is 0 Å². The quantitative estimate of drug-likeness (QED) is 0.107. The number of cyclic esters (lactones) is 1. The van der Waals surface area contributed by atoms with Gasteiger partial charge in [-0.05, 0) is 91.3 Å². The molecule has 1 aromatic rings. The van der Waals surface area contributed by atoms with E-state index < -0.39 is 140 Å². The molecule has 0 spiro atoms. The first-order valence-electron chi connectivity index (χ1n) is 25.2. The molecule has 2 saturated heterocycles. The number of likely N-dealkylation sites (N-methyl/N-ethyl adjacent to an activating group) is 1. The van der Waals surface area contributed by atoms with Crippen LogP contribution < -0.4 is 0 Å². The average molecular weight is 1040 g/mol. The second-order valence-electron chi connectivity index (χ2n) is 19.5. The maximum Gasteiger partial charge on any atom is 0.357 e. The summed E-state index contributed by atoms with van der Waals surface area (Å²) in [5.41, 5.74) is 0.606. The van der Waals surface area contributed by atoms with Crippen LogP contribution in [0.4, 0.5) is 0 Å². The van der Waals surface area contributed by atoms with Crippen LogP contribution in [0.25, 0.3) is 0 Å². The van der Waals surface area contributed by atoms with Gasteiger partial charge in [-0.3, -0.25) is 33.7 Å². The first-order valence-corrected chi connectivity index (χ1v) is 25.2. The van der Waals surface area contributed by atoms with Gasteiger partial charge in [0.15, 0.2) is 36.4 Å². The van der Waals surface area contributed by atoms with Crippen molar-refractivity contribution in [3.8, 4) is 0 Å². The number of carbonyl (C=O) groups is 7. The summed E-state index contributed by atoms with van der Waals surface area (Å²) >= 11 is 0. The molecule has 0 amide bonds. The third kappa shape index (κ3) is 17.4. The molecule has 3 aliphatic rings. The molecule has 0 radical (unpaired) electrons. The van der Waals surface area contributed by atoms with Crippen molar-refractivity contribution in [1.82, 2.24) is 9.88 Å². The first-order chi connectivity index (χ1) is 35.0. The molecule has 1 aromatic heterocycles. The summed E-state index contributed by atoms with van der Waals surface area (Å²) in [5, 5.41) is 0. The van der Waals surface area contributed by atoms with Gasteiger partial charge in [0, 0.05) is 58.9 Å². The monoisotopic (exact) mass is 1040 g/mol. The van der Waals surface area contributed by atoms with Gasteiger partial charge in [0.05, 0.1) is 37.4 Å². The van der Waals surface area contributed by atoms with Crippen molar-refractivity contribution in [1.29, 1.82) is 0 Å². The van der Waals surface area contributed by atoms with Gasteiger partial charge in [-0.2, -0.15) is 0 Å². The average Bonchev–Trinajstić information content (AvgIpc) is 3.33. The highest BCUT2D eigenvalue weighted by Crippen LogP contribution is 2.38. The number of carbonyl (C=O) groups excluding carboxylic acids is 7. The lowest BCUT2D eigenvalue weighted by atomic mass is 9.79. The number of pyridine rings is 1. The maximum atomic E-state index is 14.6. The number of hydrogen-bond acceptors (Lipinski definition) is 20. The van der Waals surface area contributed by atoms with Gasteiger partial charge >= 0.3 is 29.8 Å². The van der Waals surface area contributed by atoms with Crippen molar-refractivity contribution in [3.63, 3.8) is 0 Å². The van der Waals surface area contributed by atoms with Crippen LogP contribution in [0.15, 0.2) is 60.3 Å². The number of ether oxygens (including phenoxy) is 11. The Balaban J connectivity index is 1.87. The Morgan fingerprint density at radius 3 is 1.99 bits per heavy atom. The largest absolute Gasteiger partial charge is 0.462 e. The van der Waals surface area contributed by atoms with Crippen LogP contribution in [0.2, 0.25) is 0 Å². The third-order valence-corrected chi connectivity index (χ3v) is 13.4. The molecule has 4 rings (SSSR count). The van der Waals surface area contributed by atoms with Crippen molar-refractivity contribution in [2.75, 3.05) is 34.9 Å². The molecule has 17 atom stereocenters. The van der Waals surface area contributed by atoms with Gasteiger partial charge in [0.1, 0.15) is 36.2 Å². The van der Waals surface area contributed by atoms with Crippen LogP contribution in [0.1, 0.15) is 105 Å². The van der Waals surface area contributed by atoms with Gasteiger partial charge in [-0.25, -0.2) is 9.78 Å². The summed E-state index contributed by atoms with van der Waals surface area (Å²) in [6, 6.07) is 3.92. The lowest BCUT2D eigenvalue weighted by molar-refractivity contribution is -0.308. The number of hydrogen-bond donors (Lipinski definition) is 0. The number of methoxy groups -OCH3 is 2. The van der Waals surface area contributed by atoms with Crippen molar-refractivity contribution in [2.45, 2.75) is 175 Å². The van der Waals surface area contributed by atoms with Gasteiger partial charge < -0.3 is 52.1 Å². The second kappa shape index (κ2) is 29.2. The fourth-order valence-corrected chi connectivity index (χ4v) is 9.83. The number of allylic oxidation sites excluding steroid dienone is 5.